The lowest BCUT2D eigenvalue weighted by molar-refractivity contribution is 0.0960. The number of amides is 1. The number of benzene rings is 1. The summed E-state index contributed by atoms with van der Waals surface area (Å²) in [6.07, 6.45) is 0. The number of anilines is 1. The van der Waals surface area contributed by atoms with Crippen LogP contribution in [-0.4, -0.2) is 40.1 Å². The van der Waals surface area contributed by atoms with Crippen molar-refractivity contribution in [1.82, 2.24) is 15.3 Å². The van der Waals surface area contributed by atoms with E-state index in [1.165, 1.54) is 11.3 Å². The van der Waals surface area contributed by atoms with Gasteiger partial charge in [-0.05, 0) is 31.2 Å². The van der Waals surface area contributed by atoms with Gasteiger partial charge in [0.2, 0.25) is 12.7 Å². The van der Waals surface area contributed by atoms with Crippen molar-refractivity contribution >= 4 is 39.1 Å². The maximum atomic E-state index is 12.2. The van der Waals surface area contributed by atoms with Crippen LogP contribution >= 0.6 is 11.3 Å². The first-order valence-electron chi connectivity index (χ1n) is 8.08. The van der Waals surface area contributed by atoms with E-state index in [2.05, 4.69) is 20.4 Å². The Labute approximate surface area is 157 Å². The Morgan fingerprint density at radius 1 is 1.33 bits per heavy atom. The van der Waals surface area contributed by atoms with Crippen molar-refractivity contribution in [1.29, 1.82) is 0 Å². The highest BCUT2D eigenvalue weighted by Gasteiger charge is 2.22. The van der Waals surface area contributed by atoms with E-state index in [9.17, 15) is 10.0 Å². The maximum Gasteiger partial charge on any atom is 0.261 e. The van der Waals surface area contributed by atoms with Gasteiger partial charge in [0.15, 0.2) is 11.5 Å². The number of nitrogens with two attached hydrogens (primary N) is 1. The lowest BCUT2D eigenvalue weighted by atomic mass is 10.0. The number of ether oxygens (including phenoxy) is 2. The maximum absolute atomic E-state index is 12.2. The molecule has 0 saturated heterocycles. The Kier molecular flexibility index (Phi) is 4.24. The molecular formula is C17H15N5O4S. The number of carbonyl (C=O) groups is 1. The normalized spacial score (nSPS) is 13.1. The fourth-order valence-corrected chi connectivity index (χ4v) is 3.72. The molecule has 3 heterocycles. The molecule has 10 heteroatoms. The molecule has 3 aromatic rings. The van der Waals surface area contributed by atoms with Crippen LogP contribution in [0.25, 0.3) is 10.2 Å². The molecule has 4 N–H and O–H groups in total. The van der Waals surface area contributed by atoms with Crippen LogP contribution in [0.3, 0.4) is 0 Å². The summed E-state index contributed by atoms with van der Waals surface area (Å²) in [5.74, 6) is 0.956. The van der Waals surface area contributed by atoms with Crippen molar-refractivity contribution in [3.63, 3.8) is 0 Å². The van der Waals surface area contributed by atoms with E-state index < -0.39 is 0 Å². The summed E-state index contributed by atoms with van der Waals surface area (Å²) < 4.78 is 10.7. The minimum atomic E-state index is -0.212. The molecule has 9 nitrogen and oxygen atoms in total. The molecule has 0 fully saturated rings. The molecule has 0 aliphatic carbocycles. The largest absolute Gasteiger partial charge is 0.454 e. The van der Waals surface area contributed by atoms with Crippen molar-refractivity contribution in [3.8, 4) is 11.5 Å². The van der Waals surface area contributed by atoms with Crippen LogP contribution in [0, 0.1) is 0 Å². The molecule has 1 aliphatic heterocycles. The number of hydrogen-bond acceptors (Lipinski definition) is 9. The van der Waals surface area contributed by atoms with Gasteiger partial charge in [0.05, 0.1) is 4.88 Å². The molecule has 0 radical (unpaired) electrons. The molecule has 1 amide bonds. The molecule has 0 bridgehead atoms. The number of aromatic nitrogens is 2. The third-order valence-electron chi connectivity index (χ3n) is 3.94. The molecule has 0 saturated carbocycles. The van der Waals surface area contributed by atoms with Crippen LogP contribution in [0.1, 0.15) is 27.9 Å². The molecule has 0 spiro atoms. The van der Waals surface area contributed by atoms with Crippen molar-refractivity contribution in [2.75, 3.05) is 19.1 Å². The highest BCUT2D eigenvalue weighted by molar-refractivity contribution is 7.20. The molecule has 0 unspecified atom stereocenters. The van der Waals surface area contributed by atoms with E-state index in [0.29, 0.717) is 44.4 Å². The minimum Gasteiger partial charge on any atom is -0.454 e. The van der Waals surface area contributed by atoms with Gasteiger partial charge in [0.1, 0.15) is 16.2 Å². The van der Waals surface area contributed by atoms with Crippen LogP contribution in [0.2, 0.25) is 0 Å². The van der Waals surface area contributed by atoms with Gasteiger partial charge in [0, 0.05) is 17.5 Å². The monoisotopic (exact) mass is 385 g/mol. The van der Waals surface area contributed by atoms with Crippen LogP contribution in [-0.2, 0) is 0 Å². The smallest absolute Gasteiger partial charge is 0.261 e. The number of fused-ring (bicyclic) bond motifs is 2. The Balaban J connectivity index is 1.85. The summed E-state index contributed by atoms with van der Waals surface area (Å²) in [4.78, 5) is 21.6. The number of oxime groups is 1. The molecule has 138 valence electrons. The van der Waals surface area contributed by atoms with E-state index in [1.807, 2.05) is 6.92 Å². The first kappa shape index (κ1) is 17.0. The fourth-order valence-electron chi connectivity index (χ4n) is 2.76. The summed E-state index contributed by atoms with van der Waals surface area (Å²) in [5, 5.41) is 16.4. The summed E-state index contributed by atoms with van der Waals surface area (Å²) in [7, 11) is 0. The van der Waals surface area contributed by atoms with Gasteiger partial charge >= 0.3 is 0 Å². The first-order chi connectivity index (χ1) is 13.1. The molecule has 1 aromatic carbocycles. The first-order valence-corrected chi connectivity index (χ1v) is 8.90. The summed E-state index contributed by atoms with van der Waals surface area (Å²) in [6, 6.07) is 6.80. The summed E-state index contributed by atoms with van der Waals surface area (Å²) in [6.45, 7) is 2.48. The number of nitrogen functional groups attached to an aromatic ring is 1. The number of nitrogens with one attached hydrogen (secondary N) is 1. The second-order valence-corrected chi connectivity index (χ2v) is 6.67. The number of hydrogen-bond donors (Lipinski definition) is 3. The van der Waals surface area contributed by atoms with E-state index >= 15 is 0 Å². The van der Waals surface area contributed by atoms with Crippen LogP contribution in [0.15, 0.2) is 29.4 Å². The van der Waals surface area contributed by atoms with Crippen molar-refractivity contribution in [2.45, 2.75) is 6.92 Å². The second kappa shape index (κ2) is 6.72. The zero-order valence-corrected chi connectivity index (χ0v) is 15.0. The molecule has 0 atom stereocenters. The average molecular weight is 385 g/mol. The van der Waals surface area contributed by atoms with Gasteiger partial charge in [-0.15, -0.1) is 11.3 Å². The summed E-state index contributed by atoms with van der Waals surface area (Å²) >= 11 is 1.19. The zero-order chi connectivity index (χ0) is 19.0. The lowest BCUT2D eigenvalue weighted by Gasteiger charge is -2.07. The third-order valence-corrected chi connectivity index (χ3v) is 4.97. The Bertz CT molecular complexity index is 1080. The lowest BCUT2D eigenvalue weighted by Crippen LogP contribution is -2.21. The number of nitrogens with zero attached hydrogens (tertiary/aromatic N) is 3. The topological polar surface area (TPSA) is 132 Å². The average Bonchev–Trinajstić information content (AvgIpc) is 3.28. The van der Waals surface area contributed by atoms with Gasteiger partial charge in [0.25, 0.3) is 5.91 Å². The van der Waals surface area contributed by atoms with Crippen LogP contribution < -0.4 is 20.5 Å². The van der Waals surface area contributed by atoms with Crippen molar-refractivity contribution < 1.29 is 19.5 Å². The van der Waals surface area contributed by atoms with Gasteiger partial charge in [-0.25, -0.2) is 9.97 Å². The molecular weight excluding hydrogens is 370 g/mol. The van der Waals surface area contributed by atoms with Crippen LogP contribution in [0.4, 0.5) is 5.95 Å². The SMILES string of the molecule is CCNC(=O)c1cc2c(C(=NO)c3ccc4c(c3)OCO4)nc(N)nc2s1. The van der Waals surface area contributed by atoms with E-state index in [1.54, 1.807) is 24.3 Å². The molecule has 4 rings (SSSR count). The predicted molar refractivity (Wildman–Crippen MR) is 99.8 cm³/mol. The van der Waals surface area contributed by atoms with Crippen molar-refractivity contribution in [2.24, 2.45) is 5.16 Å². The molecule has 1 aliphatic rings. The molecule has 2 aromatic heterocycles. The number of carbonyl (C=O) groups excluding carboxylic acids is 1. The predicted octanol–water partition coefficient (Wildman–Crippen LogP) is 1.98. The van der Waals surface area contributed by atoms with Gasteiger partial charge in [-0.2, -0.15) is 0 Å². The van der Waals surface area contributed by atoms with Gasteiger partial charge in [-0.3, -0.25) is 4.79 Å². The highest BCUT2D eigenvalue weighted by Crippen LogP contribution is 2.34. The third kappa shape index (κ3) is 2.99. The van der Waals surface area contributed by atoms with Crippen LogP contribution in [0.5, 0.6) is 11.5 Å². The standard InChI is InChI=1S/C17H15N5O4S/c1-2-19-15(23)12-6-9-14(20-17(18)21-16(9)27-12)13(22-24)8-3-4-10-11(5-8)26-7-25-10/h3-6,24H,2,7H2,1H3,(H,19,23)(H2,18,20,21). The Morgan fingerprint density at radius 2 is 2.15 bits per heavy atom. The van der Waals surface area contributed by atoms with Gasteiger partial charge < -0.3 is 25.7 Å². The Morgan fingerprint density at radius 3 is 2.93 bits per heavy atom. The fraction of sp³-hybridized carbons (Fsp3) is 0.176. The number of rotatable bonds is 4. The molecule has 27 heavy (non-hydrogen) atoms. The van der Waals surface area contributed by atoms with E-state index in [0.717, 1.165) is 0 Å². The highest BCUT2D eigenvalue weighted by atomic mass is 32.1. The minimum absolute atomic E-state index is 0.0173. The Hall–Kier alpha value is -3.40. The second-order valence-electron chi connectivity index (χ2n) is 5.64. The van der Waals surface area contributed by atoms with E-state index in [4.69, 9.17) is 15.2 Å². The number of thiophene rings is 1. The van der Waals surface area contributed by atoms with E-state index in [-0.39, 0.29) is 24.4 Å². The van der Waals surface area contributed by atoms with Crippen molar-refractivity contribution in [3.05, 3.63) is 40.4 Å². The quantitative estimate of drug-likeness (QED) is 0.355. The van der Waals surface area contributed by atoms with Gasteiger partial charge in [-0.1, -0.05) is 5.16 Å². The zero-order valence-electron chi connectivity index (χ0n) is 14.2. The summed E-state index contributed by atoms with van der Waals surface area (Å²) in [5.41, 5.74) is 6.91.